The highest BCUT2D eigenvalue weighted by Gasteiger charge is 2.54. The van der Waals surface area contributed by atoms with Gasteiger partial charge in [0.15, 0.2) is 0 Å². The van der Waals surface area contributed by atoms with Crippen molar-refractivity contribution in [2.24, 2.45) is 11.3 Å². The summed E-state index contributed by atoms with van der Waals surface area (Å²) in [5, 5.41) is 12.6. The molecule has 2 fully saturated rings. The third-order valence-electron chi connectivity index (χ3n) is 6.12. The first-order valence-corrected chi connectivity index (χ1v) is 9.72. The van der Waals surface area contributed by atoms with E-state index < -0.39 is 11.4 Å². The summed E-state index contributed by atoms with van der Waals surface area (Å²) in [7, 11) is 0. The SMILES string of the molecule is CC(C)c1ccc(CCNC(=O)CN2C[C@@H]3CCC[C@@]3(C(=O)O)C2)cc1.Cl. The molecule has 1 aromatic carbocycles. The Morgan fingerprint density at radius 3 is 2.59 bits per heavy atom. The lowest BCUT2D eigenvalue weighted by Crippen LogP contribution is -2.39. The van der Waals surface area contributed by atoms with Crippen LogP contribution in [0.3, 0.4) is 0 Å². The van der Waals surface area contributed by atoms with Crippen LogP contribution in [-0.2, 0) is 16.0 Å². The molecule has 1 aliphatic carbocycles. The van der Waals surface area contributed by atoms with Gasteiger partial charge in [0.05, 0.1) is 12.0 Å². The molecule has 1 saturated carbocycles. The Bertz CT molecular complexity index is 662. The zero-order valence-corrected chi connectivity index (χ0v) is 17.1. The first-order chi connectivity index (χ1) is 12.4. The molecule has 150 valence electrons. The first-order valence-electron chi connectivity index (χ1n) is 9.72. The zero-order valence-electron chi connectivity index (χ0n) is 16.2. The molecule has 1 aromatic rings. The number of nitrogens with one attached hydrogen (secondary N) is 1. The maximum atomic E-state index is 12.2. The van der Waals surface area contributed by atoms with E-state index in [-0.39, 0.29) is 24.2 Å². The Kier molecular flexibility index (Phi) is 7.29. The number of likely N-dealkylation sites (tertiary alicyclic amines) is 1. The number of carbonyl (C=O) groups is 2. The number of carboxylic acids is 1. The first kappa shape index (κ1) is 21.7. The number of amides is 1. The maximum absolute atomic E-state index is 12.2. The molecule has 5 nitrogen and oxygen atoms in total. The lowest BCUT2D eigenvalue weighted by Gasteiger charge is -2.23. The number of aliphatic carboxylic acids is 1. The van der Waals surface area contributed by atoms with Gasteiger partial charge in [0, 0.05) is 19.6 Å². The summed E-state index contributed by atoms with van der Waals surface area (Å²) in [5.74, 6) is 0.0298. The number of hydrogen-bond donors (Lipinski definition) is 2. The maximum Gasteiger partial charge on any atom is 0.311 e. The van der Waals surface area contributed by atoms with Gasteiger partial charge in [-0.2, -0.15) is 0 Å². The van der Waals surface area contributed by atoms with E-state index in [0.717, 1.165) is 32.2 Å². The van der Waals surface area contributed by atoms with Crippen LogP contribution in [-0.4, -0.2) is 48.1 Å². The van der Waals surface area contributed by atoms with Crippen molar-refractivity contribution < 1.29 is 14.7 Å². The molecule has 1 heterocycles. The molecule has 0 aromatic heterocycles. The molecule has 3 rings (SSSR count). The number of carboxylic acid groups (broad SMARTS) is 1. The largest absolute Gasteiger partial charge is 0.481 e. The second-order valence-corrected chi connectivity index (χ2v) is 8.22. The highest BCUT2D eigenvalue weighted by molar-refractivity contribution is 5.85. The molecule has 27 heavy (non-hydrogen) atoms. The molecule has 2 aliphatic rings. The molecule has 0 unspecified atom stereocenters. The quantitative estimate of drug-likeness (QED) is 0.745. The van der Waals surface area contributed by atoms with E-state index in [1.807, 2.05) is 4.90 Å². The molecular weight excluding hydrogens is 364 g/mol. The number of fused-ring (bicyclic) bond motifs is 1. The van der Waals surface area contributed by atoms with Crippen molar-refractivity contribution in [1.82, 2.24) is 10.2 Å². The van der Waals surface area contributed by atoms with Crippen LogP contribution in [0.5, 0.6) is 0 Å². The number of hydrogen-bond acceptors (Lipinski definition) is 3. The molecule has 1 saturated heterocycles. The molecule has 2 atom stereocenters. The number of rotatable bonds is 7. The van der Waals surface area contributed by atoms with Crippen LogP contribution < -0.4 is 5.32 Å². The number of halogens is 1. The average molecular weight is 395 g/mol. The van der Waals surface area contributed by atoms with Gasteiger partial charge in [-0.25, -0.2) is 0 Å². The highest BCUT2D eigenvalue weighted by Crippen LogP contribution is 2.48. The Balaban J connectivity index is 0.00000261. The van der Waals surface area contributed by atoms with E-state index in [0.29, 0.717) is 25.6 Å². The molecule has 6 heteroatoms. The van der Waals surface area contributed by atoms with Crippen LogP contribution in [0.4, 0.5) is 0 Å². The van der Waals surface area contributed by atoms with E-state index in [4.69, 9.17) is 0 Å². The molecule has 1 aliphatic heterocycles. The Labute approximate surface area is 167 Å². The average Bonchev–Trinajstić information content (AvgIpc) is 3.13. The van der Waals surface area contributed by atoms with Crippen LogP contribution in [0.25, 0.3) is 0 Å². The summed E-state index contributed by atoms with van der Waals surface area (Å²) in [5.41, 5.74) is 1.93. The van der Waals surface area contributed by atoms with Crippen molar-refractivity contribution >= 4 is 24.3 Å². The predicted molar refractivity (Wildman–Crippen MR) is 108 cm³/mol. The van der Waals surface area contributed by atoms with Gasteiger partial charge in [-0.1, -0.05) is 44.5 Å². The van der Waals surface area contributed by atoms with Gasteiger partial charge in [0.1, 0.15) is 0 Å². The molecule has 0 radical (unpaired) electrons. The fourth-order valence-corrected chi connectivity index (χ4v) is 4.54. The van der Waals surface area contributed by atoms with Crippen molar-refractivity contribution in [3.63, 3.8) is 0 Å². The molecule has 0 spiro atoms. The van der Waals surface area contributed by atoms with Crippen molar-refractivity contribution in [3.8, 4) is 0 Å². The lowest BCUT2D eigenvalue weighted by molar-refractivity contribution is -0.149. The van der Waals surface area contributed by atoms with Crippen LogP contribution in [0.1, 0.15) is 50.2 Å². The molecule has 1 amide bonds. The lowest BCUT2D eigenvalue weighted by atomic mass is 9.81. The third-order valence-corrected chi connectivity index (χ3v) is 6.12. The fraction of sp³-hybridized carbons (Fsp3) is 0.619. The number of benzene rings is 1. The monoisotopic (exact) mass is 394 g/mol. The Morgan fingerprint density at radius 1 is 1.30 bits per heavy atom. The van der Waals surface area contributed by atoms with Crippen LogP contribution in [0.2, 0.25) is 0 Å². The fourth-order valence-electron chi connectivity index (χ4n) is 4.54. The summed E-state index contributed by atoms with van der Waals surface area (Å²) in [6, 6.07) is 8.55. The standard InChI is InChI=1S/C21H30N2O3.ClH/c1-15(2)17-7-5-16(6-8-17)9-11-22-19(24)13-23-12-18-4-3-10-21(18,14-23)20(25)26;/h5-8,15,18H,3-4,9-14H2,1-2H3,(H,22,24)(H,25,26);1H/t18-,21+;/m0./s1. The number of nitrogens with zero attached hydrogens (tertiary/aromatic N) is 1. The Morgan fingerprint density at radius 2 is 2.00 bits per heavy atom. The zero-order chi connectivity index (χ0) is 18.7. The summed E-state index contributed by atoms with van der Waals surface area (Å²) < 4.78 is 0. The van der Waals surface area contributed by atoms with Crippen molar-refractivity contribution in [2.75, 3.05) is 26.2 Å². The summed E-state index contributed by atoms with van der Waals surface area (Å²) in [6.07, 6.45) is 3.52. The topological polar surface area (TPSA) is 69.6 Å². The van der Waals surface area contributed by atoms with Gasteiger partial charge in [-0.3, -0.25) is 14.5 Å². The molecular formula is C21H31ClN2O3. The van der Waals surface area contributed by atoms with Crippen LogP contribution in [0, 0.1) is 11.3 Å². The molecule has 0 bridgehead atoms. The third kappa shape index (κ3) is 4.82. The Hall–Kier alpha value is -1.59. The normalized spacial score (nSPS) is 24.5. The van der Waals surface area contributed by atoms with Gasteiger partial charge in [0.2, 0.25) is 5.91 Å². The van der Waals surface area contributed by atoms with Gasteiger partial charge < -0.3 is 10.4 Å². The summed E-state index contributed by atoms with van der Waals surface area (Å²) in [4.78, 5) is 25.9. The molecule has 2 N–H and O–H groups in total. The second-order valence-electron chi connectivity index (χ2n) is 8.22. The highest BCUT2D eigenvalue weighted by atomic mass is 35.5. The smallest absolute Gasteiger partial charge is 0.311 e. The van der Waals surface area contributed by atoms with Crippen molar-refractivity contribution in [3.05, 3.63) is 35.4 Å². The summed E-state index contributed by atoms with van der Waals surface area (Å²) in [6.45, 7) is 6.51. The van der Waals surface area contributed by atoms with Crippen molar-refractivity contribution in [1.29, 1.82) is 0 Å². The minimum atomic E-state index is -0.687. The van der Waals surface area contributed by atoms with Crippen molar-refractivity contribution in [2.45, 2.75) is 45.4 Å². The van der Waals surface area contributed by atoms with Crippen LogP contribution in [0.15, 0.2) is 24.3 Å². The minimum Gasteiger partial charge on any atom is -0.481 e. The minimum absolute atomic E-state index is 0. The van der Waals surface area contributed by atoms with E-state index in [1.54, 1.807) is 0 Å². The van der Waals surface area contributed by atoms with E-state index in [2.05, 4.69) is 43.4 Å². The van der Waals surface area contributed by atoms with Gasteiger partial charge in [0.25, 0.3) is 0 Å². The van der Waals surface area contributed by atoms with E-state index in [1.165, 1.54) is 11.1 Å². The van der Waals surface area contributed by atoms with E-state index in [9.17, 15) is 14.7 Å². The van der Waals surface area contributed by atoms with E-state index >= 15 is 0 Å². The summed E-state index contributed by atoms with van der Waals surface area (Å²) >= 11 is 0. The second kappa shape index (κ2) is 9.07. The van der Waals surface area contributed by atoms with Crippen LogP contribution >= 0.6 is 12.4 Å². The van der Waals surface area contributed by atoms with Gasteiger partial charge in [-0.15, -0.1) is 12.4 Å². The predicted octanol–water partition coefficient (Wildman–Crippen LogP) is 3.08. The van der Waals surface area contributed by atoms with Gasteiger partial charge in [-0.05, 0) is 42.2 Å². The van der Waals surface area contributed by atoms with Gasteiger partial charge >= 0.3 is 5.97 Å². The number of carbonyl (C=O) groups excluding carboxylic acids is 1.